The molecule has 2 rings (SSSR count). The van der Waals surface area contributed by atoms with Crippen LogP contribution in [0.5, 0.6) is 0 Å². The molecule has 0 aromatic carbocycles. The Morgan fingerprint density at radius 2 is 1.93 bits per heavy atom. The van der Waals surface area contributed by atoms with Gasteiger partial charge >= 0.3 is 0 Å². The minimum atomic E-state index is 0.137. The zero-order chi connectivity index (χ0) is 10.2. The first-order valence-corrected chi connectivity index (χ1v) is 6.10. The number of nitrogens with two attached hydrogens (primary N) is 1. The molecule has 82 valence electrons. The molecule has 0 amide bonds. The summed E-state index contributed by atoms with van der Waals surface area (Å²) < 4.78 is 0. The molecular formula is C12H24N2. The number of nitrogens with zero attached hydrogens (tertiary/aromatic N) is 1. The van der Waals surface area contributed by atoms with Gasteiger partial charge in [0.25, 0.3) is 0 Å². The zero-order valence-corrected chi connectivity index (χ0v) is 9.63. The summed E-state index contributed by atoms with van der Waals surface area (Å²) in [6.45, 7) is 3.46. The van der Waals surface area contributed by atoms with E-state index in [4.69, 9.17) is 5.73 Å². The van der Waals surface area contributed by atoms with Crippen molar-refractivity contribution in [1.82, 2.24) is 4.90 Å². The lowest BCUT2D eigenvalue weighted by molar-refractivity contribution is 0.183. The van der Waals surface area contributed by atoms with Crippen molar-refractivity contribution in [3.63, 3.8) is 0 Å². The molecule has 2 N–H and O–H groups in total. The average Bonchev–Trinajstić information content (AvgIpc) is 2.89. The summed E-state index contributed by atoms with van der Waals surface area (Å²) in [4.78, 5) is 2.49. The lowest BCUT2D eigenvalue weighted by Gasteiger charge is -2.33. The minimum Gasteiger partial charge on any atom is -0.324 e. The van der Waals surface area contributed by atoms with Crippen molar-refractivity contribution in [2.75, 3.05) is 13.6 Å². The van der Waals surface area contributed by atoms with Crippen LogP contribution in [-0.4, -0.2) is 30.1 Å². The molecule has 0 radical (unpaired) electrons. The molecule has 2 saturated carbocycles. The van der Waals surface area contributed by atoms with E-state index in [2.05, 4.69) is 18.9 Å². The molecule has 0 heterocycles. The molecule has 2 aliphatic carbocycles. The zero-order valence-electron chi connectivity index (χ0n) is 9.63. The fourth-order valence-corrected chi connectivity index (χ4v) is 2.82. The molecule has 1 atom stereocenters. The Hall–Kier alpha value is -0.0800. The molecule has 2 aliphatic rings. The van der Waals surface area contributed by atoms with E-state index >= 15 is 0 Å². The number of hydrogen-bond donors (Lipinski definition) is 1. The van der Waals surface area contributed by atoms with Crippen molar-refractivity contribution < 1.29 is 0 Å². The smallest absolute Gasteiger partial charge is 0.0283 e. The summed E-state index contributed by atoms with van der Waals surface area (Å²) >= 11 is 0. The third-order valence-corrected chi connectivity index (χ3v) is 4.16. The number of rotatable bonds is 4. The van der Waals surface area contributed by atoms with E-state index in [0.717, 1.165) is 18.5 Å². The van der Waals surface area contributed by atoms with Gasteiger partial charge in [-0.1, -0.05) is 12.8 Å². The number of likely N-dealkylation sites (N-methyl/N-ethyl adjacent to an activating group) is 1. The Balaban J connectivity index is 1.82. The molecule has 0 aromatic heterocycles. The van der Waals surface area contributed by atoms with E-state index in [9.17, 15) is 0 Å². The molecule has 2 fully saturated rings. The summed E-state index contributed by atoms with van der Waals surface area (Å²) in [5.41, 5.74) is 6.51. The fraction of sp³-hybridized carbons (Fsp3) is 1.00. The van der Waals surface area contributed by atoms with Crippen molar-refractivity contribution in [1.29, 1.82) is 0 Å². The highest BCUT2D eigenvalue weighted by atomic mass is 15.2. The maximum Gasteiger partial charge on any atom is 0.0283 e. The summed E-state index contributed by atoms with van der Waals surface area (Å²) in [6.07, 6.45) is 8.00. The Bertz CT molecular complexity index is 192. The Morgan fingerprint density at radius 1 is 1.36 bits per heavy atom. The highest BCUT2D eigenvalue weighted by Crippen LogP contribution is 2.36. The highest BCUT2D eigenvalue weighted by molar-refractivity contribution is 4.94. The first kappa shape index (κ1) is 10.4. The van der Waals surface area contributed by atoms with Crippen LogP contribution < -0.4 is 5.73 Å². The normalized spacial score (nSPS) is 28.3. The number of hydrogen-bond acceptors (Lipinski definition) is 2. The van der Waals surface area contributed by atoms with Crippen LogP contribution in [0.2, 0.25) is 0 Å². The van der Waals surface area contributed by atoms with Crippen molar-refractivity contribution in [2.24, 2.45) is 11.7 Å². The topological polar surface area (TPSA) is 29.3 Å². The van der Waals surface area contributed by atoms with E-state index in [0.29, 0.717) is 0 Å². The van der Waals surface area contributed by atoms with E-state index in [1.165, 1.54) is 38.5 Å². The summed E-state index contributed by atoms with van der Waals surface area (Å²) in [5, 5.41) is 0. The van der Waals surface area contributed by atoms with Crippen molar-refractivity contribution in [3.05, 3.63) is 0 Å². The minimum absolute atomic E-state index is 0.137. The van der Waals surface area contributed by atoms with Gasteiger partial charge in [0.05, 0.1) is 0 Å². The van der Waals surface area contributed by atoms with Gasteiger partial charge in [-0.15, -0.1) is 0 Å². The van der Waals surface area contributed by atoms with Gasteiger partial charge in [-0.25, -0.2) is 0 Å². The molecule has 2 heteroatoms. The van der Waals surface area contributed by atoms with Crippen LogP contribution in [0.15, 0.2) is 0 Å². The molecule has 0 spiro atoms. The van der Waals surface area contributed by atoms with E-state index < -0.39 is 0 Å². The summed E-state index contributed by atoms with van der Waals surface area (Å²) in [5.74, 6) is 0.963. The van der Waals surface area contributed by atoms with Crippen molar-refractivity contribution in [2.45, 2.75) is 57.0 Å². The molecule has 0 aromatic rings. The third kappa shape index (κ3) is 2.29. The van der Waals surface area contributed by atoms with Crippen molar-refractivity contribution in [3.8, 4) is 0 Å². The highest BCUT2D eigenvalue weighted by Gasteiger charge is 2.35. The Kier molecular flexibility index (Phi) is 2.85. The molecule has 0 saturated heterocycles. The van der Waals surface area contributed by atoms with Gasteiger partial charge in [-0.05, 0) is 45.6 Å². The van der Waals surface area contributed by atoms with E-state index in [-0.39, 0.29) is 5.54 Å². The second-order valence-corrected chi connectivity index (χ2v) is 5.56. The van der Waals surface area contributed by atoms with Gasteiger partial charge in [0.15, 0.2) is 0 Å². The third-order valence-electron chi connectivity index (χ3n) is 4.16. The molecule has 0 bridgehead atoms. The van der Waals surface area contributed by atoms with Crippen molar-refractivity contribution >= 4 is 0 Å². The van der Waals surface area contributed by atoms with E-state index in [1.807, 2.05) is 0 Å². The lowest BCUT2D eigenvalue weighted by Crippen LogP contribution is -2.49. The molecule has 2 nitrogen and oxygen atoms in total. The first-order chi connectivity index (χ1) is 6.61. The predicted octanol–water partition coefficient (Wildman–Crippen LogP) is 1.99. The maximum atomic E-state index is 6.38. The van der Waals surface area contributed by atoms with Crippen LogP contribution in [0.1, 0.15) is 45.4 Å². The SMILES string of the molecule is CC(C1CC1)N(C)CC1(N)CCCC1. The van der Waals surface area contributed by atoms with Crippen LogP contribution in [0.4, 0.5) is 0 Å². The van der Waals surface area contributed by atoms with Crippen LogP contribution in [0, 0.1) is 5.92 Å². The molecule has 14 heavy (non-hydrogen) atoms. The van der Waals surface area contributed by atoms with Gasteiger partial charge in [0, 0.05) is 18.1 Å². The second kappa shape index (κ2) is 3.82. The van der Waals surface area contributed by atoms with Gasteiger partial charge < -0.3 is 10.6 Å². The largest absolute Gasteiger partial charge is 0.324 e. The Labute approximate surface area is 87.8 Å². The summed E-state index contributed by atoms with van der Waals surface area (Å²) in [7, 11) is 2.25. The van der Waals surface area contributed by atoms with E-state index in [1.54, 1.807) is 0 Å². The standard InChI is InChI=1S/C12H24N2/c1-10(11-5-6-11)14(2)9-12(13)7-3-4-8-12/h10-11H,3-9,13H2,1-2H3. The van der Waals surface area contributed by atoms with Crippen LogP contribution in [0.3, 0.4) is 0 Å². The van der Waals surface area contributed by atoms with Crippen LogP contribution >= 0.6 is 0 Å². The maximum absolute atomic E-state index is 6.38. The lowest BCUT2D eigenvalue weighted by atomic mass is 9.97. The second-order valence-electron chi connectivity index (χ2n) is 5.56. The van der Waals surface area contributed by atoms with Crippen LogP contribution in [-0.2, 0) is 0 Å². The van der Waals surface area contributed by atoms with Gasteiger partial charge in [-0.2, -0.15) is 0 Å². The Morgan fingerprint density at radius 3 is 2.43 bits per heavy atom. The van der Waals surface area contributed by atoms with Gasteiger partial charge in [0.2, 0.25) is 0 Å². The van der Waals surface area contributed by atoms with Gasteiger partial charge in [-0.3, -0.25) is 0 Å². The molecule has 1 unspecified atom stereocenters. The molecular weight excluding hydrogens is 172 g/mol. The monoisotopic (exact) mass is 196 g/mol. The predicted molar refractivity (Wildman–Crippen MR) is 60.2 cm³/mol. The quantitative estimate of drug-likeness (QED) is 0.745. The average molecular weight is 196 g/mol. The summed E-state index contributed by atoms with van der Waals surface area (Å²) in [6, 6.07) is 0.746. The first-order valence-electron chi connectivity index (χ1n) is 6.10. The van der Waals surface area contributed by atoms with Crippen LogP contribution in [0.25, 0.3) is 0 Å². The van der Waals surface area contributed by atoms with Gasteiger partial charge in [0.1, 0.15) is 0 Å². The fourth-order valence-electron chi connectivity index (χ4n) is 2.82. The molecule has 0 aliphatic heterocycles.